The molecule has 2 amide bonds. The van der Waals surface area contributed by atoms with Gasteiger partial charge < -0.3 is 10.1 Å². The lowest BCUT2D eigenvalue weighted by Crippen LogP contribution is -2.20. The zero-order valence-electron chi connectivity index (χ0n) is 14.5. The molecule has 27 heavy (non-hydrogen) atoms. The number of ether oxygens (including phenoxy) is 1. The van der Waals surface area contributed by atoms with Crippen molar-refractivity contribution in [3.05, 3.63) is 71.2 Å². The molecule has 1 aromatic heterocycles. The minimum atomic E-state index is -0.474. The van der Waals surface area contributed by atoms with Gasteiger partial charge >= 0.3 is 12.0 Å². The van der Waals surface area contributed by atoms with E-state index in [2.05, 4.69) is 10.6 Å². The molecule has 138 valence electrons. The Morgan fingerprint density at radius 2 is 1.74 bits per heavy atom. The van der Waals surface area contributed by atoms with Crippen LogP contribution in [0.4, 0.5) is 15.5 Å². The highest BCUT2D eigenvalue weighted by atomic mass is 35.5. The van der Waals surface area contributed by atoms with Crippen molar-refractivity contribution in [2.75, 3.05) is 17.2 Å². The quantitative estimate of drug-likeness (QED) is 0.525. The predicted molar refractivity (Wildman–Crippen MR) is 110 cm³/mol. The van der Waals surface area contributed by atoms with Gasteiger partial charge in [-0.2, -0.15) is 0 Å². The number of esters is 1. The van der Waals surface area contributed by atoms with Crippen LogP contribution in [0, 0.1) is 0 Å². The average molecular weight is 401 g/mol. The van der Waals surface area contributed by atoms with Crippen molar-refractivity contribution in [1.82, 2.24) is 0 Å². The monoisotopic (exact) mass is 400 g/mol. The third-order valence-electron chi connectivity index (χ3n) is 3.61. The molecule has 7 heteroatoms. The van der Waals surface area contributed by atoms with E-state index < -0.39 is 12.0 Å². The highest BCUT2D eigenvalue weighted by Gasteiger charge is 2.19. The third-order valence-corrected chi connectivity index (χ3v) is 4.97. The Labute approximate surface area is 165 Å². The number of halogens is 1. The molecule has 0 bridgehead atoms. The van der Waals surface area contributed by atoms with Gasteiger partial charge in [0.05, 0.1) is 12.2 Å². The lowest BCUT2D eigenvalue weighted by Gasteiger charge is -2.08. The van der Waals surface area contributed by atoms with Crippen molar-refractivity contribution in [3.63, 3.8) is 0 Å². The molecule has 0 aliphatic carbocycles. The van der Waals surface area contributed by atoms with Crippen LogP contribution in [-0.2, 0) is 4.74 Å². The largest absolute Gasteiger partial charge is 0.462 e. The molecule has 3 rings (SSSR count). The van der Waals surface area contributed by atoms with E-state index in [0.29, 0.717) is 21.3 Å². The molecule has 0 radical (unpaired) electrons. The lowest BCUT2D eigenvalue weighted by atomic mass is 10.1. The minimum absolute atomic E-state index is 0.256. The van der Waals surface area contributed by atoms with Crippen LogP contribution in [0.5, 0.6) is 0 Å². The van der Waals surface area contributed by atoms with Crippen molar-refractivity contribution < 1.29 is 14.3 Å². The lowest BCUT2D eigenvalue weighted by molar-refractivity contribution is 0.0528. The molecule has 0 fully saturated rings. The van der Waals surface area contributed by atoms with E-state index in [-0.39, 0.29) is 6.61 Å². The van der Waals surface area contributed by atoms with E-state index in [1.165, 1.54) is 11.3 Å². The molecule has 0 saturated heterocycles. The second-order valence-corrected chi connectivity index (χ2v) is 7.01. The molecular formula is C20H17ClN2O3S. The summed E-state index contributed by atoms with van der Waals surface area (Å²) in [5, 5.41) is 6.46. The van der Waals surface area contributed by atoms with Gasteiger partial charge in [-0.3, -0.25) is 5.32 Å². The van der Waals surface area contributed by atoms with Gasteiger partial charge in [-0.15, -0.1) is 11.3 Å². The summed E-state index contributed by atoms with van der Waals surface area (Å²) in [6.45, 7) is 1.99. The SMILES string of the molecule is CCOC(=O)c1cc(-c2ccccc2)sc1NC(=O)Nc1ccc(Cl)cc1. The molecule has 0 saturated carbocycles. The summed E-state index contributed by atoms with van der Waals surface area (Å²) in [5.74, 6) is -0.474. The summed E-state index contributed by atoms with van der Waals surface area (Å²) >= 11 is 7.16. The first-order chi connectivity index (χ1) is 13.1. The number of carbonyl (C=O) groups is 2. The van der Waals surface area contributed by atoms with Gasteiger partial charge in [-0.05, 0) is 42.8 Å². The normalized spacial score (nSPS) is 10.3. The Kier molecular flexibility index (Phi) is 6.11. The summed E-state index contributed by atoms with van der Waals surface area (Å²) < 4.78 is 5.11. The van der Waals surface area contributed by atoms with Gasteiger partial charge in [0.2, 0.25) is 0 Å². The molecule has 0 aliphatic rings. The highest BCUT2D eigenvalue weighted by Crippen LogP contribution is 2.36. The van der Waals surface area contributed by atoms with Crippen LogP contribution in [0.3, 0.4) is 0 Å². The molecule has 3 aromatic rings. The average Bonchev–Trinajstić information content (AvgIpc) is 3.08. The first-order valence-electron chi connectivity index (χ1n) is 8.26. The molecule has 0 atom stereocenters. The van der Waals surface area contributed by atoms with Crippen LogP contribution in [-0.4, -0.2) is 18.6 Å². The zero-order valence-corrected chi connectivity index (χ0v) is 16.1. The van der Waals surface area contributed by atoms with E-state index in [0.717, 1.165) is 10.4 Å². The summed E-state index contributed by atoms with van der Waals surface area (Å²) in [6.07, 6.45) is 0. The number of thiophene rings is 1. The third kappa shape index (κ3) is 4.87. The van der Waals surface area contributed by atoms with Crippen molar-refractivity contribution in [2.45, 2.75) is 6.92 Å². The molecule has 0 aliphatic heterocycles. The Bertz CT molecular complexity index is 940. The smallest absolute Gasteiger partial charge is 0.341 e. The Morgan fingerprint density at radius 1 is 1.04 bits per heavy atom. The number of nitrogens with one attached hydrogen (secondary N) is 2. The summed E-state index contributed by atoms with van der Waals surface area (Å²) in [5.41, 5.74) is 1.88. The number of hydrogen-bond donors (Lipinski definition) is 2. The second kappa shape index (κ2) is 8.70. The van der Waals surface area contributed by atoms with Crippen LogP contribution in [0.25, 0.3) is 10.4 Å². The van der Waals surface area contributed by atoms with Gasteiger partial charge in [-0.25, -0.2) is 9.59 Å². The van der Waals surface area contributed by atoms with Crippen molar-refractivity contribution >= 4 is 45.6 Å². The fourth-order valence-corrected chi connectivity index (χ4v) is 3.56. The van der Waals surface area contributed by atoms with Crippen LogP contribution < -0.4 is 10.6 Å². The molecule has 2 aromatic carbocycles. The zero-order chi connectivity index (χ0) is 19.2. The molecule has 0 spiro atoms. The standard InChI is InChI=1S/C20H17ClN2O3S/c1-2-26-19(24)16-12-17(13-6-4-3-5-7-13)27-18(16)23-20(25)22-15-10-8-14(21)9-11-15/h3-12H,2H2,1H3,(H2,22,23,25). The highest BCUT2D eigenvalue weighted by molar-refractivity contribution is 7.20. The van der Waals surface area contributed by atoms with Crippen LogP contribution >= 0.6 is 22.9 Å². The number of rotatable bonds is 5. The van der Waals surface area contributed by atoms with Gasteiger partial charge in [0.1, 0.15) is 5.00 Å². The number of benzene rings is 2. The van der Waals surface area contributed by atoms with E-state index in [1.54, 1.807) is 37.3 Å². The Balaban J connectivity index is 1.83. The maximum atomic E-state index is 12.3. The van der Waals surface area contributed by atoms with E-state index in [9.17, 15) is 9.59 Å². The fraction of sp³-hybridized carbons (Fsp3) is 0.100. The van der Waals surface area contributed by atoms with E-state index in [4.69, 9.17) is 16.3 Å². The number of urea groups is 1. The second-order valence-electron chi connectivity index (χ2n) is 5.53. The van der Waals surface area contributed by atoms with Gasteiger partial charge in [0.25, 0.3) is 0 Å². The first kappa shape index (κ1) is 18.9. The van der Waals surface area contributed by atoms with Gasteiger partial charge in [0, 0.05) is 15.6 Å². The maximum Gasteiger partial charge on any atom is 0.341 e. The van der Waals surface area contributed by atoms with Crippen molar-refractivity contribution in [2.24, 2.45) is 0 Å². The number of carbonyl (C=O) groups excluding carboxylic acids is 2. The van der Waals surface area contributed by atoms with Crippen molar-refractivity contribution in [1.29, 1.82) is 0 Å². The number of hydrogen-bond acceptors (Lipinski definition) is 4. The van der Waals surface area contributed by atoms with Gasteiger partial charge in [0.15, 0.2) is 0 Å². The molecule has 2 N–H and O–H groups in total. The number of amides is 2. The van der Waals surface area contributed by atoms with Crippen LogP contribution in [0.2, 0.25) is 5.02 Å². The van der Waals surface area contributed by atoms with Crippen molar-refractivity contribution in [3.8, 4) is 10.4 Å². The molecular weight excluding hydrogens is 384 g/mol. The van der Waals surface area contributed by atoms with E-state index >= 15 is 0 Å². The molecule has 1 heterocycles. The molecule has 0 unspecified atom stereocenters. The van der Waals surface area contributed by atoms with Gasteiger partial charge in [-0.1, -0.05) is 41.9 Å². The van der Waals surface area contributed by atoms with Crippen LogP contribution in [0.1, 0.15) is 17.3 Å². The maximum absolute atomic E-state index is 12.3. The van der Waals surface area contributed by atoms with Crippen LogP contribution in [0.15, 0.2) is 60.7 Å². The first-order valence-corrected chi connectivity index (χ1v) is 9.46. The number of anilines is 2. The predicted octanol–water partition coefficient (Wildman–Crippen LogP) is 5.89. The Hall–Kier alpha value is -2.83. The summed E-state index contributed by atoms with van der Waals surface area (Å²) in [4.78, 5) is 25.5. The Morgan fingerprint density at radius 3 is 2.41 bits per heavy atom. The summed E-state index contributed by atoms with van der Waals surface area (Å²) in [6, 6.07) is 17.7. The fourth-order valence-electron chi connectivity index (χ4n) is 2.39. The topological polar surface area (TPSA) is 67.4 Å². The summed E-state index contributed by atoms with van der Waals surface area (Å²) in [7, 11) is 0. The van der Waals surface area contributed by atoms with E-state index in [1.807, 2.05) is 30.3 Å². The molecule has 5 nitrogen and oxygen atoms in total. The minimum Gasteiger partial charge on any atom is -0.462 e.